The van der Waals surface area contributed by atoms with Crippen LogP contribution in [0, 0.1) is 22.7 Å². The highest BCUT2D eigenvalue weighted by molar-refractivity contribution is 5.69. The van der Waals surface area contributed by atoms with E-state index in [4.69, 9.17) is 15.3 Å². The summed E-state index contributed by atoms with van der Waals surface area (Å²) in [6, 6.07) is 18.2. The molecule has 0 bridgehead atoms. The van der Waals surface area contributed by atoms with Gasteiger partial charge >= 0.3 is 5.97 Å². The molecule has 0 radical (unpaired) electrons. The molecule has 0 aromatic heterocycles. The van der Waals surface area contributed by atoms with Gasteiger partial charge in [-0.1, -0.05) is 24.3 Å². The van der Waals surface area contributed by atoms with Crippen molar-refractivity contribution in [1.82, 2.24) is 0 Å². The third-order valence-electron chi connectivity index (χ3n) is 3.18. The summed E-state index contributed by atoms with van der Waals surface area (Å²) >= 11 is 0. The number of benzene rings is 2. The van der Waals surface area contributed by atoms with E-state index in [1.54, 1.807) is 36.4 Å². The van der Waals surface area contributed by atoms with E-state index in [1.165, 1.54) is 0 Å². The first-order valence-corrected chi connectivity index (χ1v) is 6.85. The van der Waals surface area contributed by atoms with E-state index in [-0.39, 0.29) is 12.6 Å². The molecule has 0 aliphatic heterocycles. The summed E-state index contributed by atoms with van der Waals surface area (Å²) in [5.74, 6) is -0.270. The van der Waals surface area contributed by atoms with E-state index in [1.807, 2.05) is 18.2 Å². The van der Waals surface area contributed by atoms with Crippen molar-refractivity contribution in [2.45, 2.75) is 19.4 Å². The quantitative estimate of drug-likeness (QED) is 0.793. The SMILES string of the molecule is N#Cc1ccc(CCC(=O)OCc2ccc(C#N)cc2)cc1. The average molecular weight is 290 g/mol. The molecule has 0 aliphatic rings. The van der Waals surface area contributed by atoms with Crippen LogP contribution in [-0.2, 0) is 22.6 Å². The number of esters is 1. The molecule has 0 unspecified atom stereocenters. The number of carbonyl (C=O) groups is 1. The first kappa shape index (κ1) is 15.3. The smallest absolute Gasteiger partial charge is 0.306 e. The molecular weight excluding hydrogens is 276 g/mol. The van der Waals surface area contributed by atoms with E-state index in [0.29, 0.717) is 24.0 Å². The van der Waals surface area contributed by atoms with Crippen molar-refractivity contribution in [2.75, 3.05) is 0 Å². The highest BCUT2D eigenvalue weighted by atomic mass is 16.5. The minimum absolute atomic E-state index is 0.206. The topological polar surface area (TPSA) is 73.9 Å². The van der Waals surface area contributed by atoms with Crippen LogP contribution in [0.25, 0.3) is 0 Å². The van der Waals surface area contributed by atoms with Gasteiger partial charge in [0.15, 0.2) is 0 Å². The largest absolute Gasteiger partial charge is 0.461 e. The fraction of sp³-hybridized carbons (Fsp3) is 0.167. The molecule has 4 nitrogen and oxygen atoms in total. The van der Waals surface area contributed by atoms with Gasteiger partial charge in [0.05, 0.1) is 23.3 Å². The molecule has 0 saturated carbocycles. The van der Waals surface area contributed by atoms with Gasteiger partial charge in [0.25, 0.3) is 0 Å². The van der Waals surface area contributed by atoms with Gasteiger partial charge in [0.1, 0.15) is 6.61 Å². The maximum absolute atomic E-state index is 11.7. The minimum Gasteiger partial charge on any atom is -0.461 e. The van der Waals surface area contributed by atoms with E-state index >= 15 is 0 Å². The number of hydrogen-bond acceptors (Lipinski definition) is 4. The number of aryl methyl sites for hydroxylation is 1. The lowest BCUT2D eigenvalue weighted by molar-refractivity contribution is -0.144. The van der Waals surface area contributed by atoms with Crippen molar-refractivity contribution in [1.29, 1.82) is 10.5 Å². The molecule has 0 amide bonds. The van der Waals surface area contributed by atoms with E-state index in [0.717, 1.165) is 11.1 Å². The van der Waals surface area contributed by atoms with E-state index < -0.39 is 0 Å². The lowest BCUT2D eigenvalue weighted by Gasteiger charge is -2.05. The molecule has 0 fully saturated rings. The number of rotatable bonds is 5. The van der Waals surface area contributed by atoms with Crippen LogP contribution in [0.1, 0.15) is 28.7 Å². The number of nitriles is 2. The fourth-order valence-electron chi connectivity index (χ4n) is 1.90. The molecule has 2 aromatic rings. The molecule has 2 rings (SSSR count). The molecular formula is C18H14N2O2. The predicted octanol–water partition coefficient (Wildman–Crippen LogP) is 3.11. The lowest BCUT2D eigenvalue weighted by atomic mass is 10.1. The Morgan fingerprint density at radius 2 is 1.36 bits per heavy atom. The Bertz CT molecular complexity index is 656. The van der Waals surface area contributed by atoms with E-state index in [9.17, 15) is 4.79 Å². The van der Waals surface area contributed by atoms with Crippen LogP contribution in [0.4, 0.5) is 0 Å². The fourth-order valence-corrected chi connectivity index (χ4v) is 1.90. The Kier molecular flexibility index (Phi) is 5.29. The van der Waals surface area contributed by atoms with Gasteiger partial charge in [-0.25, -0.2) is 0 Å². The number of carbonyl (C=O) groups excluding carboxylic acids is 1. The van der Waals surface area contributed by atoms with Gasteiger partial charge in [-0.3, -0.25) is 4.79 Å². The van der Waals surface area contributed by atoms with Gasteiger partial charge in [-0.2, -0.15) is 10.5 Å². The Morgan fingerprint density at radius 1 is 0.864 bits per heavy atom. The maximum Gasteiger partial charge on any atom is 0.306 e. The summed E-state index contributed by atoms with van der Waals surface area (Å²) in [5.41, 5.74) is 3.03. The first-order chi connectivity index (χ1) is 10.7. The third kappa shape index (κ3) is 4.47. The van der Waals surface area contributed by atoms with Crippen LogP contribution in [0.3, 0.4) is 0 Å². The maximum atomic E-state index is 11.7. The standard InChI is InChI=1S/C18H14N2O2/c19-11-15-3-1-14(2-4-15)9-10-18(21)22-13-17-7-5-16(12-20)6-8-17/h1-8H,9-10,13H2. The monoisotopic (exact) mass is 290 g/mol. The Hall–Kier alpha value is -3.11. The van der Waals surface area contributed by atoms with Crippen LogP contribution in [0.2, 0.25) is 0 Å². The van der Waals surface area contributed by atoms with Gasteiger partial charge in [0.2, 0.25) is 0 Å². The molecule has 2 aromatic carbocycles. The average Bonchev–Trinajstić information content (AvgIpc) is 2.59. The van der Waals surface area contributed by atoms with Crippen molar-refractivity contribution in [3.63, 3.8) is 0 Å². The molecule has 0 heterocycles. The highest BCUT2D eigenvalue weighted by Gasteiger charge is 2.05. The zero-order valence-corrected chi connectivity index (χ0v) is 12.0. The summed E-state index contributed by atoms with van der Waals surface area (Å²) in [6.07, 6.45) is 0.875. The number of hydrogen-bond donors (Lipinski definition) is 0. The van der Waals surface area contributed by atoms with Crippen LogP contribution >= 0.6 is 0 Å². The molecule has 0 N–H and O–H groups in total. The predicted molar refractivity (Wildman–Crippen MR) is 80.4 cm³/mol. The summed E-state index contributed by atoms with van der Waals surface area (Å²) in [7, 11) is 0. The number of nitrogens with zero attached hydrogens (tertiary/aromatic N) is 2. The van der Waals surface area contributed by atoms with Gasteiger partial charge in [0, 0.05) is 6.42 Å². The van der Waals surface area contributed by atoms with Crippen LogP contribution < -0.4 is 0 Å². The molecule has 22 heavy (non-hydrogen) atoms. The Labute approximate surface area is 129 Å². The highest BCUT2D eigenvalue weighted by Crippen LogP contribution is 2.08. The van der Waals surface area contributed by atoms with E-state index in [2.05, 4.69) is 6.07 Å². The second-order valence-corrected chi connectivity index (χ2v) is 4.78. The third-order valence-corrected chi connectivity index (χ3v) is 3.18. The zero-order valence-electron chi connectivity index (χ0n) is 12.0. The van der Waals surface area contributed by atoms with Crippen molar-refractivity contribution >= 4 is 5.97 Å². The second kappa shape index (κ2) is 7.61. The van der Waals surface area contributed by atoms with Crippen molar-refractivity contribution in [2.24, 2.45) is 0 Å². The molecule has 0 atom stereocenters. The van der Waals surface area contributed by atoms with Crippen molar-refractivity contribution in [3.8, 4) is 12.1 Å². The second-order valence-electron chi connectivity index (χ2n) is 4.78. The van der Waals surface area contributed by atoms with Crippen LogP contribution in [0.5, 0.6) is 0 Å². The van der Waals surface area contributed by atoms with Crippen molar-refractivity contribution < 1.29 is 9.53 Å². The van der Waals surface area contributed by atoms with Gasteiger partial charge in [-0.15, -0.1) is 0 Å². The number of ether oxygens (including phenoxy) is 1. The summed E-state index contributed by atoms with van der Waals surface area (Å²) in [4.78, 5) is 11.7. The molecule has 0 saturated heterocycles. The lowest BCUT2D eigenvalue weighted by Crippen LogP contribution is -2.06. The van der Waals surface area contributed by atoms with Crippen LogP contribution in [0.15, 0.2) is 48.5 Å². The van der Waals surface area contributed by atoms with Gasteiger partial charge < -0.3 is 4.74 Å². The summed E-state index contributed by atoms with van der Waals surface area (Å²) in [5, 5.41) is 17.4. The summed E-state index contributed by atoms with van der Waals surface area (Å²) < 4.78 is 5.19. The Morgan fingerprint density at radius 3 is 1.86 bits per heavy atom. The summed E-state index contributed by atoms with van der Waals surface area (Å²) in [6.45, 7) is 0.206. The zero-order chi connectivity index (χ0) is 15.8. The normalized spacial score (nSPS) is 9.55. The van der Waals surface area contributed by atoms with Gasteiger partial charge in [-0.05, 0) is 41.8 Å². The molecule has 0 spiro atoms. The molecule has 108 valence electrons. The molecule has 4 heteroatoms. The van der Waals surface area contributed by atoms with Crippen molar-refractivity contribution in [3.05, 3.63) is 70.8 Å². The van der Waals surface area contributed by atoms with Crippen LogP contribution in [-0.4, -0.2) is 5.97 Å². The minimum atomic E-state index is -0.270. The Balaban J connectivity index is 1.77. The first-order valence-electron chi connectivity index (χ1n) is 6.85. The molecule has 0 aliphatic carbocycles.